The standard InChI is InChI=1S/C26H30ClF3N4O3S/c1-17-14-19(4-9-24(17)34(35)36)31-18-2-6-21(7-3-18)37-16-25(38)33-12-10-32(11-13-33)20-5-8-23(27)22(15-20)26(28,29)30/h4-5,8-9,14-15,18,21,31H,2-3,6-7,10-13,16H2,1H3. The van der Waals surface area contributed by atoms with Crippen LogP contribution >= 0.6 is 23.8 Å². The van der Waals surface area contributed by atoms with Gasteiger partial charge >= 0.3 is 6.18 Å². The number of aryl methyl sites for hydroxylation is 1. The molecule has 12 heteroatoms. The van der Waals surface area contributed by atoms with Crippen molar-refractivity contribution in [3.8, 4) is 0 Å². The number of halogens is 4. The Morgan fingerprint density at radius 1 is 1.13 bits per heavy atom. The van der Waals surface area contributed by atoms with Gasteiger partial charge in [-0.2, -0.15) is 13.2 Å². The Morgan fingerprint density at radius 3 is 2.42 bits per heavy atom. The minimum absolute atomic E-state index is 0.112. The van der Waals surface area contributed by atoms with Gasteiger partial charge in [-0.25, -0.2) is 0 Å². The number of thiocarbonyl (C=S) groups is 1. The number of nitro benzene ring substituents is 1. The molecular formula is C26H30ClF3N4O3S. The molecule has 0 radical (unpaired) electrons. The molecule has 1 aliphatic carbocycles. The molecule has 38 heavy (non-hydrogen) atoms. The molecule has 4 rings (SSSR count). The van der Waals surface area contributed by atoms with Crippen molar-refractivity contribution in [2.45, 2.75) is 50.9 Å². The molecule has 1 saturated carbocycles. The van der Waals surface area contributed by atoms with Gasteiger partial charge < -0.3 is 19.9 Å². The Morgan fingerprint density at radius 2 is 1.82 bits per heavy atom. The van der Waals surface area contributed by atoms with Crippen LogP contribution in [0.2, 0.25) is 5.02 Å². The number of ether oxygens (including phenoxy) is 1. The molecule has 1 heterocycles. The topological polar surface area (TPSA) is 70.9 Å². The van der Waals surface area contributed by atoms with Gasteiger partial charge in [-0.05, 0) is 62.9 Å². The lowest BCUT2D eigenvalue weighted by molar-refractivity contribution is -0.385. The Kier molecular flexibility index (Phi) is 9.00. The summed E-state index contributed by atoms with van der Waals surface area (Å²) in [5.41, 5.74) is 1.30. The Labute approximate surface area is 230 Å². The third kappa shape index (κ3) is 7.06. The Balaban J connectivity index is 1.19. The van der Waals surface area contributed by atoms with E-state index in [4.69, 9.17) is 28.6 Å². The van der Waals surface area contributed by atoms with Gasteiger partial charge in [0.25, 0.3) is 5.69 Å². The first-order valence-electron chi connectivity index (χ1n) is 12.5. The van der Waals surface area contributed by atoms with Crippen molar-refractivity contribution in [1.82, 2.24) is 4.90 Å². The number of rotatable bonds is 7. The largest absolute Gasteiger partial charge is 0.417 e. The number of alkyl halides is 3. The molecule has 2 aliphatic rings. The molecule has 0 amide bonds. The molecule has 7 nitrogen and oxygen atoms in total. The van der Waals surface area contributed by atoms with Crippen LogP contribution in [0.15, 0.2) is 36.4 Å². The molecular weight excluding hydrogens is 541 g/mol. The first-order valence-corrected chi connectivity index (χ1v) is 13.3. The van der Waals surface area contributed by atoms with Gasteiger partial charge in [0, 0.05) is 55.2 Å². The summed E-state index contributed by atoms with van der Waals surface area (Å²) in [6.45, 7) is 4.40. The fourth-order valence-corrected chi connectivity index (χ4v) is 5.46. The first-order chi connectivity index (χ1) is 18.0. The van der Waals surface area contributed by atoms with Crippen LogP contribution in [0.5, 0.6) is 0 Å². The van der Waals surface area contributed by atoms with Gasteiger partial charge in [0.2, 0.25) is 0 Å². The lowest BCUT2D eigenvalue weighted by Gasteiger charge is -2.38. The summed E-state index contributed by atoms with van der Waals surface area (Å²) in [5, 5.41) is 14.2. The predicted molar refractivity (Wildman–Crippen MR) is 146 cm³/mol. The van der Waals surface area contributed by atoms with Crippen LogP contribution in [-0.4, -0.2) is 59.7 Å². The minimum Gasteiger partial charge on any atom is -0.382 e. The van der Waals surface area contributed by atoms with Gasteiger partial charge in [-0.3, -0.25) is 10.1 Å². The average Bonchev–Trinajstić information content (AvgIpc) is 2.87. The predicted octanol–water partition coefficient (Wildman–Crippen LogP) is 6.46. The van der Waals surface area contributed by atoms with E-state index in [-0.39, 0.29) is 27.8 Å². The summed E-state index contributed by atoms with van der Waals surface area (Å²) in [6.07, 6.45) is -0.760. The van der Waals surface area contributed by atoms with E-state index >= 15 is 0 Å². The summed E-state index contributed by atoms with van der Waals surface area (Å²) in [4.78, 5) is 15.3. The van der Waals surface area contributed by atoms with Crippen molar-refractivity contribution < 1.29 is 22.8 Å². The molecule has 0 aromatic heterocycles. The van der Waals surface area contributed by atoms with Crippen LogP contribution < -0.4 is 10.2 Å². The Bertz CT molecular complexity index is 1170. The Hall–Kier alpha value is -2.63. The molecule has 206 valence electrons. The van der Waals surface area contributed by atoms with Crippen molar-refractivity contribution in [3.63, 3.8) is 0 Å². The van der Waals surface area contributed by atoms with Crippen molar-refractivity contribution in [1.29, 1.82) is 0 Å². The molecule has 2 aromatic rings. The normalized spacial score (nSPS) is 20.3. The molecule has 0 atom stereocenters. The number of piperazine rings is 1. The fourth-order valence-electron chi connectivity index (χ4n) is 4.98. The van der Waals surface area contributed by atoms with Crippen molar-refractivity contribution in [3.05, 3.63) is 62.7 Å². The van der Waals surface area contributed by atoms with E-state index in [9.17, 15) is 23.3 Å². The van der Waals surface area contributed by atoms with Crippen LogP contribution in [0.3, 0.4) is 0 Å². The zero-order chi connectivity index (χ0) is 27.4. The lowest BCUT2D eigenvalue weighted by Crippen LogP contribution is -2.49. The van der Waals surface area contributed by atoms with Crippen molar-refractivity contribution in [2.24, 2.45) is 0 Å². The second-order valence-electron chi connectivity index (χ2n) is 9.72. The lowest BCUT2D eigenvalue weighted by atomic mass is 9.92. The summed E-state index contributed by atoms with van der Waals surface area (Å²) in [6, 6.07) is 9.37. The number of nitrogens with zero attached hydrogens (tertiary/aromatic N) is 3. The summed E-state index contributed by atoms with van der Waals surface area (Å²) in [5.74, 6) is 0. The van der Waals surface area contributed by atoms with Crippen molar-refractivity contribution >= 4 is 45.9 Å². The van der Waals surface area contributed by atoms with E-state index in [0.29, 0.717) is 49.0 Å². The van der Waals surface area contributed by atoms with Gasteiger partial charge in [0.15, 0.2) is 0 Å². The van der Waals surface area contributed by atoms with Crippen LogP contribution in [0.4, 0.5) is 30.2 Å². The summed E-state index contributed by atoms with van der Waals surface area (Å²) < 4.78 is 45.7. The van der Waals surface area contributed by atoms with Crippen LogP contribution in [0.1, 0.15) is 36.8 Å². The second kappa shape index (κ2) is 12.0. The summed E-state index contributed by atoms with van der Waals surface area (Å²) >= 11 is 11.3. The van der Waals surface area contributed by atoms with Gasteiger partial charge in [-0.15, -0.1) is 0 Å². The molecule has 1 aliphatic heterocycles. The molecule has 0 spiro atoms. The summed E-state index contributed by atoms with van der Waals surface area (Å²) in [7, 11) is 0. The van der Waals surface area contributed by atoms with E-state index in [2.05, 4.69) is 10.2 Å². The maximum absolute atomic E-state index is 13.2. The monoisotopic (exact) mass is 570 g/mol. The average molecular weight is 571 g/mol. The number of nitrogens with one attached hydrogen (secondary N) is 1. The molecule has 0 bridgehead atoms. The zero-order valence-electron chi connectivity index (χ0n) is 21.0. The van der Waals surface area contributed by atoms with Crippen LogP contribution in [-0.2, 0) is 10.9 Å². The first kappa shape index (κ1) is 28.4. The molecule has 2 fully saturated rings. The van der Waals surface area contributed by atoms with E-state index in [1.54, 1.807) is 25.1 Å². The molecule has 0 unspecified atom stereocenters. The fraction of sp³-hybridized carbons (Fsp3) is 0.500. The highest BCUT2D eigenvalue weighted by molar-refractivity contribution is 7.80. The van der Waals surface area contributed by atoms with E-state index in [1.807, 2.05) is 4.90 Å². The number of nitro groups is 1. The third-order valence-corrected chi connectivity index (χ3v) is 7.84. The maximum Gasteiger partial charge on any atom is 0.417 e. The SMILES string of the molecule is Cc1cc(NC2CCC(OCC(=S)N3CCN(c4ccc(Cl)c(C(F)(F)F)c4)CC3)CC2)ccc1[N+](=O)[O-]. The quantitative estimate of drug-likeness (QED) is 0.232. The maximum atomic E-state index is 13.2. The highest BCUT2D eigenvalue weighted by atomic mass is 35.5. The van der Waals surface area contributed by atoms with Gasteiger partial charge in [-0.1, -0.05) is 23.8 Å². The highest BCUT2D eigenvalue weighted by Gasteiger charge is 2.34. The number of hydrogen-bond donors (Lipinski definition) is 1. The molecule has 1 saturated heterocycles. The van der Waals surface area contributed by atoms with Gasteiger partial charge in [0.05, 0.1) is 28.2 Å². The van der Waals surface area contributed by atoms with Crippen molar-refractivity contribution in [2.75, 3.05) is 43.0 Å². The second-order valence-corrected chi connectivity index (χ2v) is 10.6. The number of hydrogen-bond acceptors (Lipinski definition) is 6. The third-order valence-electron chi connectivity index (χ3n) is 7.13. The van der Waals surface area contributed by atoms with Crippen LogP contribution in [0.25, 0.3) is 0 Å². The molecule has 2 aromatic carbocycles. The number of benzene rings is 2. The van der Waals surface area contributed by atoms with Gasteiger partial charge in [0.1, 0.15) is 4.99 Å². The molecule has 1 N–H and O–H groups in total. The van der Waals surface area contributed by atoms with E-state index in [1.165, 1.54) is 12.1 Å². The smallest absolute Gasteiger partial charge is 0.382 e. The van der Waals surface area contributed by atoms with E-state index in [0.717, 1.165) is 37.4 Å². The zero-order valence-corrected chi connectivity index (χ0v) is 22.5. The highest BCUT2D eigenvalue weighted by Crippen LogP contribution is 2.37. The van der Waals surface area contributed by atoms with E-state index < -0.39 is 11.7 Å². The number of anilines is 2. The van der Waals surface area contributed by atoms with Crippen LogP contribution in [0, 0.1) is 17.0 Å². The minimum atomic E-state index is -4.49.